The van der Waals surface area contributed by atoms with Crippen LogP contribution in [0.2, 0.25) is 0 Å². The van der Waals surface area contributed by atoms with Gasteiger partial charge in [-0.25, -0.2) is 0 Å². The number of hydrogen-bond donors (Lipinski definition) is 0. The molecule has 0 spiro atoms. The molecule has 126 heavy (non-hydrogen) atoms. The van der Waals surface area contributed by atoms with Crippen LogP contribution in [-0.4, -0.2) is 252 Å². The fraction of sp³-hybridized carbons (Fsp3) is 0.455. The molecular weight excluding hydrogens is 1580 g/mol. The second-order valence-corrected chi connectivity index (χ2v) is 35.6. The van der Waals surface area contributed by atoms with Gasteiger partial charge in [0.1, 0.15) is 37.3 Å². The van der Waals surface area contributed by atoms with Gasteiger partial charge in [-0.3, -0.25) is 24.2 Å². The molecule has 9 aromatic rings. The SMILES string of the molecule is C=CC(=O)N1CCN(c2nc(OC[C@@H]3CC(c4cc(N5CCc6c(nc(OC[C@@H]7CCCN7C)nc6N6C[C@H](CC#N)N(C(=O)C=C)C[C@H]6C)C5)c5ccccc5c4)CCN3C)nc3c2CCN(c2cc(C4C[C@@H](COc5nc6c(c(N7CCN(C(=O)C#CC)C(CC#N)C7)n5)CCN(c5cccc7ccccc57)C6)N(C)C4)cc4ccccc24)C3)C[C@@H]1CC#N. The molecule has 9 aliphatic heterocycles. The highest BCUT2D eigenvalue weighted by Crippen LogP contribution is 2.45. The van der Waals surface area contributed by atoms with Gasteiger partial charge in [-0.2, -0.15) is 45.7 Å². The van der Waals surface area contributed by atoms with Gasteiger partial charge in [0.15, 0.2) is 0 Å². The zero-order valence-corrected chi connectivity index (χ0v) is 73.0. The number of nitrogens with zero attached hydrogens (tertiary/aromatic N) is 21. The van der Waals surface area contributed by atoms with Gasteiger partial charge in [0.25, 0.3) is 5.91 Å². The standard InChI is InChI=1S/C99H111N21O6/c1-8-19-93(123)118-47-45-116(57-74(118)30-37-101)94-82-33-41-112(88-28-17-23-66-20-11-14-25-79(66)88)59-85(82)103-98(107-94)126-64-78-51-72(55-111(78)7)71-49-69-22-13-16-27-81(69)90(53-71)113-42-34-83-86(60-113)104-97(106-95(83)115-44-46-117(91(121)9-2)73(56-115)29-36-100)125-63-77-50-67(32-40-110(77)6)70-48-68-21-12-15-26-80(68)89(52-70)114-43-35-84-87(61-114)105-99(124-62-76-24-18-39-109(76)5)108-96(84)119-58-75(31-38-102)120(54-65(119)4)92(122)10-3/h9-17,20-23,25-28,48-49,52-53,65,67,72-78H,2-3,18,24,29-35,39-47,50-51,54-64H2,1,4-7H3/t65-,67?,72?,73+,74?,75+,76+,77+,78+/m1/s1. The van der Waals surface area contributed by atoms with Crippen LogP contribution in [0, 0.1) is 45.8 Å². The van der Waals surface area contributed by atoms with Gasteiger partial charge in [-0.15, -0.1) is 0 Å². The molecular formula is C99H111N21O6. The summed E-state index contributed by atoms with van der Waals surface area (Å²) in [4.78, 5) is 98.3. The molecule has 0 aliphatic carbocycles. The van der Waals surface area contributed by atoms with Crippen molar-refractivity contribution in [3.8, 4) is 48.1 Å². The molecule has 648 valence electrons. The maximum Gasteiger partial charge on any atom is 0.318 e. The molecule has 27 nitrogen and oxygen atoms in total. The number of carbonyl (C=O) groups is 3. The van der Waals surface area contributed by atoms with Gasteiger partial charge in [-0.1, -0.05) is 116 Å². The average Bonchev–Trinajstić information content (AvgIpc) is 0.880. The first kappa shape index (κ1) is 84.2. The first-order valence-corrected chi connectivity index (χ1v) is 44.9. The molecule has 0 saturated carbocycles. The number of amides is 3. The van der Waals surface area contributed by atoms with Crippen LogP contribution in [0.3, 0.4) is 0 Å². The molecule has 6 aromatic carbocycles. The van der Waals surface area contributed by atoms with E-state index in [9.17, 15) is 30.2 Å². The smallest absolute Gasteiger partial charge is 0.318 e. The number of rotatable bonds is 22. The van der Waals surface area contributed by atoms with Crippen molar-refractivity contribution in [2.45, 2.75) is 158 Å². The number of likely N-dealkylation sites (N-methyl/N-ethyl adjacent to an activating group) is 3. The van der Waals surface area contributed by atoms with E-state index < -0.39 is 0 Å². The molecule has 3 unspecified atom stereocenters. The number of ether oxygens (including phenoxy) is 3. The number of nitriles is 3. The van der Waals surface area contributed by atoms with Crippen LogP contribution in [0.1, 0.15) is 122 Å². The van der Waals surface area contributed by atoms with Crippen molar-refractivity contribution in [3.63, 3.8) is 0 Å². The van der Waals surface area contributed by atoms with Crippen molar-refractivity contribution in [1.82, 2.24) is 59.3 Å². The summed E-state index contributed by atoms with van der Waals surface area (Å²) in [6.45, 7) is 22.6. The van der Waals surface area contributed by atoms with Gasteiger partial charge in [0.2, 0.25) is 11.8 Å². The molecule has 9 atom stereocenters. The fourth-order valence-electron chi connectivity index (χ4n) is 21.2. The Morgan fingerprint density at radius 1 is 0.444 bits per heavy atom. The van der Waals surface area contributed by atoms with Crippen molar-refractivity contribution in [3.05, 3.63) is 185 Å². The summed E-state index contributed by atoms with van der Waals surface area (Å²) in [5.74, 6) is 7.60. The Labute approximate surface area is 738 Å². The van der Waals surface area contributed by atoms with E-state index in [1.165, 1.54) is 44.8 Å². The Hall–Kier alpha value is -12.7. The van der Waals surface area contributed by atoms with Crippen molar-refractivity contribution < 1.29 is 28.6 Å². The third-order valence-electron chi connectivity index (χ3n) is 28.2. The number of hydrogen-bond acceptors (Lipinski definition) is 24. The number of carbonyl (C=O) groups excluding carboxylic acids is 3. The lowest BCUT2D eigenvalue weighted by Crippen LogP contribution is -2.59. The molecule has 9 aliphatic rings. The quantitative estimate of drug-likeness (QED) is 0.0451. The molecule has 0 bridgehead atoms. The highest BCUT2D eigenvalue weighted by Gasteiger charge is 2.42. The number of fused-ring (bicyclic) bond motifs is 6. The van der Waals surface area contributed by atoms with Crippen LogP contribution in [0.15, 0.2) is 141 Å². The Morgan fingerprint density at radius 3 is 1.45 bits per heavy atom. The van der Waals surface area contributed by atoms with Crippen LogP contribution in [-0.2, 0) is 53.3 Å². The van der Waals surface area contributed by atoms with E-state index in [2.05, 4.69) is 231 Å². The molecule has 3 amide bonds. The second kappa shape index (κ2) is 36.9. The summed E-state index contributed by atoms with van der Waals surface area (Å²) in [6.07, 6.45) is 10.0. The Bertz CT molecular complexity index is 5870. The molecule has 6 saturated heterocycles. The molecule has 3 aromatic heterocycles. The fourth-order valence-corrected chi connectivity index (χ4v) is 21.2. The summed E-state index contributed by atoms with van der Waals surface area (Å²) in [7, 11) is 6.52. The first-order chi connectivity index (χ1) is 61.5. The molecule has 0 radical (unpaired) electrons. The van der Waals surface area contributed by atoms with E-state index in [-0.39, 0.29) is 91.1 Å². The molecule has 0 N–H and O–H groups in total. The highest BCUT2D eigenvalue weighted by molar-refractivity contribution is 5.98. The van der Waals surface area contributed by atoms with Gasteiger partial charge in [-0.05, 0) is 175 Å². The van der Waals surface area contributed by atoms with Crippen molar-refractivity contribution in [1.29, 1.82) is 15.8 Å². The normalized spacial score (nSPS) is 22.9. The Kier molecular flexibility index (Phi) is 24.6. The largest absolute Gasteiger partial charge is 0.462 e. The number of likely N-dealkylation sites (tertiary alicyclic amines) is 3. The van der Waals surface area contributed by atoms with Crippen LogP contribution >= 0.6 is 0 Å². The minimum atomic E-state index is -0.375. The summed E-state index contributed by atoms with van der Waals surface area (Å²) in [6, 6.07) is 49.1. The maximum atomic E-state index is 13.4. The summed E-state index contributed by atoms with van der Waals surface area (Å²) < 4.78 is 20.5. The minimum absolute atomic E-state index is 0.00833. The zero-order valence-electron chi connectivity index (χ0n) is 73.0. The zero-order chi connectivity index (χ0) is 86.8. The number of anilines is 6. The van der Waals surface area contributed by atoms with Gasteiger partial charge in [0, 0.05) is 153 Å². The van der Waals surface area contributed by atoms with Crippen LogP contribution < -0.4 is 43.6 Å². The van der Waals surface area contributed by atoms with Gasteiger partial charge >= 0.3 is 18.0 Å². The van der Waals surface area contributed by atoms with Crippen LogP contribution in [0.5, 0.6) is 18.0 Å². The van der Waals surface area contributed by atoms with E-state index in [0.717, 1.165) is 144 Å². The summed E-state index contributed by atoms with van der Waals surface area (Å²) in [5, 5.41) is 37.3. The lowest BCUT2D eigenvalue weighted by molar-refractivity contribution is -0.129. The second-order valence-electron chi connectivity index (χ2n) is 35.6. The van der Waals surface area contributed by atoms with Crippen molar-refractivity contribution in [2.24, 2.45) is 0 Å². The van der Waals surface area contributed by atoms with Gasteiger partial charge in [0.05, 0.1) is 92.3 Å². The lowest BCUT2D eigenvalue weighted by atomic mass is 9.84. The van der Waals surface area contributed by atoms with Crippen molar-refractivity contribution in [2.75, 3.05) is 162 Å². The highest BCUT2D eigenvalue weighted by atomic mass is 16.5. The predicted molar refractivity (Wildman–Crippen MR) is 489 cm³/mol. The summed E-state index contributed by atoms with van der Waals surface area (Å²) in [5.41, 5.74) is 11.8. The minimum Gasteiger partial charge on any atom is -0.462 e. The maximum absolute atomic E-state index is 13.4. The first-order valence-electron chi connectivity index (χ1n) is 44.9. The van der Waals surface area contributed by atoms with E-state index in [1.54, 1.807) is 21.6 Å². The van der Waals surface area contributed by atoms with Crippen LogP contribution in [0.4, 0.5) is 34.5 Å². The van der Waals surface area contributed by atoms with E-state index >= 15 is 0 Å². The third-order valence-corrected chi connectivity index (χ3v) is 28.2. The number of aromatic nitrogens is 6. The monoisotopic (exact) mass is 1690 g/mol. The topological polar surface area (TPSA) is 266 Å². The Morgan fingerprint density at radius 2 is 0.905 bits per heavy atom. The predicted octanol–water partition coefficient (Wildman–Crippen LogP) is 11.4. The number of piperazine rings is 3. The van der Waals surface area contributed by atoms with E-state index in [0.29, 0.717) is 136 Å². The third kappa shape index (κ3) is 17.1. The van der Waals surface area contributed by atoms with E-state index in [1.807, 2.05) is 0 Å². The number of piperidine rings is 1. The molecule has 6 fully saturated rings. The summed E-state index contributed by atoms with van der Waals surface area (Å²) >= 11 is 0. The number of benzene rings is 6. The molecule has 18 rings (SSSR count). The Balaban J connectivity index is 0.603. The van der Waals surface area contributed by atoms with Crippen LogP contribution in [0.25, 0.3) is 32.3 Å². The van der Waals surface area contributed by atoms with E-state index in [4.69, 9.17) is 44.1 Å². The molecule has 27 heteroatoms. The molecule has 12 heterocycles. The average molecular weight is 1690 g/mol. The lowest BCUT2D eigenvalue weighted by Gasteiger charge is -2.46. The van der Waals surface area contributed by atoms with Crippen molar-refractivity contribution >= 4 is 84.6 Å². The van der Waals surface area contributed by atoms with Gasteiger partial charge < -0.3 is 63.2 Å².